The standard InChI is InChI=1S/C10H16N2O2/c1-11-5-6-12-9(13)7-3-2-4-8(7)10(12)14/h7-8,11H,2-6H2,1H3. The molecule has 0 aromatic heterocycles. The summed E-state index contributed by atoms with van der Waals surface area (Å²) >= 11 is 0. The van der Waals surface area contributed by atoms with Gasteiger partial charge >= 0.3 is 0 Å². The molecule has 1 aliphatic carbocycles. The number of rotatable bonds is 3. The molecule has 0 spiro atoms. The summed E-state index contributed by atoms with van der Waals surface area (Å²) in [4.78, 5) is 25.0. The quantitative estimate of drug-likeness (QED) is 0.646. The van der Waals surface area contributed by atoms with Gasteiger partial charge in [-0.2, -0.15) is 0 Å². The van der Waals surface area contributed by atoms with Crippen LogP contribution in [0.25, 0.3) is 0 Å². The third-order valence-electron chi connectivity index (χ3n) is 3.27. The van der Waals surface area contributed by atoms with E-state index in [1.165, 1.54) is 4.90 Å². The molecule has 4 nitrogen and oxygen atoms in total. The first-order chi connectivity index (χ1) is 6.75. The third kappa shape index (κ3) is 1.34. The monoisotopic (exact) mass is 196 g/mol. The lowest BCUT2D eigenvalue weighted by molar-refractivity contribution is -0.140. The molecule has 2 atom stereocenters. The Labute approximate surface area is 83.6 Å². The van der Waals surface area contributed by atoms with Gasteiger partial charge in [-0.25, -0.2) is 0 Å². The minimum absolute atomic E-state index is 0.0133. The maximum atomic E-state index is 11.8. The van der Waals surface area contributed by atoms with Crippen LogP contribution in [-0.4, -0.2) is 36.9 Å². The SMILES string of the molecule is CNCCN1C(=O)C2CCCC2C1=O. The van der Waals surface area contributed by atoms with Crippen molar-refractivity contribution < 1.29 is 9.59 Å². The summed E-state index contributed by atoms with van der Waals surface area (Å²) in [5.74, 6) is 0.152. The van der Waals surface area contributed by atoms with Gasteiger partial charge in [-0.3, -0.25) is 14.5 Å². The van der Waals surface area contributed by atoms with E-state index in [0.717, 1.165) is 19.3 Å². The van der Waals surface area contributed by atoms with Crippen LogP contribution in [0.5, 0.6) is 0 Å². The number of fused-ring (bicyclic) bond motifs is 1. The van der Waals surface area contributed by atoms with Crippen molar-refractivity contribution in [3.8, 4) is 0 Å². The molecule has 14 heavy (non-hydrogen) atoms. The molecule has 78 valence electrons. The number of likely N-dealkylation sites (N-methyl/N-ethyl adjacent to an activating group) is 1. The molecule has 2 amide bonds. The van der Waals surface area contributed by atoms with Crippen molar-refractivity contribution in [3.63, 3.8) is 0 Å². The lowest BCUT2D eigenvalue weighted by atomic mass is 10.00. The number of hydrogen-bond donors (Lipinski definition) is 1. The molecule has 1 N–H and O–H groups in total. The van der Waals surface area contributed by atoms with Crippen molar-refractivity contribution in [2.45, 2.75) is 19.3 Å². The molecule has 1 aliphatic heterocycles. The molecule has 1 saturated heterocycles. The van der Waals surface area contributed by atoms with E-state index in [4.69, 9.17) is 0 Å². The average molecular weight is 196 g/mol. The predicted molar refractivity (Wildman–Crippen MR) is 51.5 cm³/mol. The van der Waals surface area contributed by atoms with Crippen LogP contribution in [0, 0.1) is 11.8 Å². The Morgan fingerprint density at radius 3 is 2.36 bits per heavy atom. The Balaban J connectivity index is 2.06. The van der Waals surface area contributed by atoms with Gasteiger partial charge in [0.2, 0.25) is 11.8 Å². The molecule has 0 aromatic rings. The number of hydrogen-bond acceptors (Lipinski definition) is 3. The van der Waals surface area contributed by atoms with E-state index in [9.17, 15) is 9.59 Å². The van der Waals surface area contributed by atoms with Crippen molar-refractivity contribution in [3.05, 3.63) is 0 Å². The van der Waals surface area contributed by atoms with Gasteiger partial charge in [0.1, 0.15) is 0 Å². The van der Waals surface area contributed by atoms with Gasteiger partial charge in [-0.15, -0.1) is 0 Å². The Hall–Kier alpha value is -0.900. The Morgan fingerprint density at radius 2 is 1.86 bits per heavy atom. The normalized spacial score (nSPS) is 31.4. The summed E-state index contributed by atoms with van der Waals surface area (Å²) in [6, 6.07) is 0. The number of likely N-dealkylation sites (tertiary alicyclic amines) is 1. The fourth-order valence-electron chi connectivity index (χ4n) is 2.50. The zero-order chi connectivity index (χ0) is 10.1. The summed E-state index contributed by atoms with van der Waals surface area (Å²) in [5.41, 5.74) is 0. The minimum atomic E-state index is 0.0133. The highest BCUT2D eigenvalue weighted by atomic mass is 16.2. The summed E-state index contributed by atoms with van der Waals surface area (Å²) in [7, 11) is 1.83. The molecular formula is C10H16N2O2. The maximum Gasteiger partial charge on any atom is 0.233 e. The lowest BCUT2D eigenvalue weighted by Crippen LogP contribution is -2.36. The molecule has 4 heteroatoms. The van der Waals surface area contributed by atoms with Crippen LogP contribution in [0.2, 0.25) is 0 Å². The van der Waals surface area contributed by atoms with E-state index in [2.05, 4.69) is 5.32 Å². The second-order valence-electron chi connectivity index (χ2n) is 4.08. The van der Waals surface area contributed by atoms with Gasteiger partial charge in [0.05, 0.1) is 11.8 Å². The van der Waals surface area contributed by atoms with E-state index in [1.54, 1.807) is 0 Å². The Morgan fingerprint density at radius 1 is 1.29 bits per heavy atom. The molecule has 1 heterocycles. The van der Waals surface area contributed by atoms with Gasteiger partial charge in [-0.05, 0) is 19.9 Å². The van der Waals surface area contributed by atoms with Crippen LogP contribution in [0.1, 0.15) is 19.3 Å². The first-order valence-electron chi connectivity index (χ1n) is 5.25. The molecule has 2 aliphatic rings. The molecule has 2 rings (SSSR count). The van der Waals surface area contributed by atoms with Crippen LogP contribution in [0.15, 0.2) is 0 Å². The molecule has 0 aromatic carbocycles. The van der Waals surface area contributed by atoms with Crippen LogP contribution in [0.3, 0.4) is 0 Å². The predicted octanol–water partition coefficient (Wildman–Crippen LogP) is -0.00910. The molecule has 2 fully saturated rings. The Bertz CT molecular complexity index is 243. The van der Waals surface area contributed by atoms with E-state index in [0.29, 0.717) is 13.1 Å². The van der Waals surface area contributed by atoms with Gasteiger partial charge in [0.25, 0.3) is 0 Å². The van der Waals surface area contributed by atoms with Crippen LogP contribution < -0.4 is 5.32 Å². The smallest absolute Gasteiger partial charge is 0.233 e. The second kappa shape index (κ2) is 3.69. The summed E-state index contributed by atoms with van der Waals surface area (Å²) < 4.78 is 0. The van der Waals surface area contributed by atoms with Crippen LogP contribution in [-0.2, 0) is 9.59 Å². The van der Waals surface area contributed by atoms with Gasteiger partial charge < -0.3 is 5.32 Å². The largest absolute Gasteiger partial charge is 0.318 e. The minimum Gasteiger partial charge on any atom is -0.318 e. The number of carbonyl (C=O) groups excluding carboxylic acids is 2. The van der Waals surface area contributed by atoms with Gasteiger partial charge in [0, 0.05) is 13.1 Å². The zero-order valence-corrected chi connectivity index (χ0v) is 8.45. The van der Waals surface area contributed by atoms with Crippen LogP contribution in [0.4, 0.5) is 0 Å². The highest BCUT2D eigenvalue weighted by Crippen LogP contribution is 2.39. The van der Waals surface area contributed by atoms with Crippen molar-refractivity contribution in [2.24, 2.45) is 11.8 Å². The Kier molecular flexibility index (Phi) is 2.54. The highest BCUT2D eigenvalue weighted by molar-refractivity contribution is 6.05. The molecule has 0 bridgehead atoms. The second-order valence-corrected chi connectivity index (χ2v) is 4.08. The van der Waals surface area contributed by atoms with Gasteiger partial charge in [0.15, 0.2) is 0 Å². The van der Waals surface area contributed by atoms with E-state index in [-0.39, 0.29) is 23.7 Å². The lowest BCUT2D eigenvalue weighted by Gasteiger charge is -2.14. The topological polar surface area (TPSA) is 49.4 Å². The maximum absolute atomic E-state index is 11.8. The number of carbonyl (C=O) groups is 2. The van der Waals surface area contributed by atoms with Crippen molar-refractivity contribution in [1.29, 1.82) is 0 Å². The molecular weight excluding hydrogens is 180 g/mol. The van der Waals surface area contributed by atoms with E-state index < -0.39 is 0 Å². The first kappa shape index (κ1) is 9.65. The summed E-state index contributed by atoms with van der Waals surface area (Å²) in [6.45, 7) is 1.22. The van der Waals surface area contributed by atoms with Crippen molar-refractivity contribution in [2.75, 3.05) is 20.1 Å². The van der Waals surface area contributed by atoms with Gasteiger partial charge in [-0.1, -0.05) is 6.42 Å². The average Bonchev–Trinajstić information content (AvgIpc) is 2.72. The number of amides is 2. The van der Waals surface area contributed by atoms with Crippen molar-refractivity contribution >= 4 is 11.8 Å². The van der Waals surface area contributed by atoms with Crippen LogP contribution >= 0.6 is 0 Å². The molecule has 0 radical (unpaired) electrons. The highest BCUT2D eigenvalue weighted by Gasteiger charge is 2.49. The molecule has 2 unspecified atom stereocenters. The summed E-state index contributed by atoms with van der Waals surface area (Å²) in [6.07, 6.45) is 2.85. The fourth-order valence-corrected chi connectivity index (χ4v) is 2.50. The summed E-state index contributed by atoms with van der Waals surface area (Å²) in [5, 5.41) is 2.96. The number of imide groups is 1. The van der Waals surface area contributed by atoms with Crippen molar-refractivity contribution in [1.82, 2.24) is 10.2 Å². The number of nitrogens with one attached hydrogen (secondary N) is 1. The zero-order valence-electron chi connectivity index (χ0n) is 8.45. The number of nitrogens with zero attached hydrogens (tertiary/aromatic N) is 1. The fraction of sp³-hybridized carbons (Fsp3) is 0.800. The molecule has 1 saturated carbocycles. The third-order valence-corrected chi connectivity index (χ3v) is 3.27. The van der Waals surface area contributed by atoms with E-state index in [1.807, 2.05) is 7.05 Å². The van der Waals surface area contributed by atoms with E-state index >= 15 is 0 Å². The first-order valence-corrected chi connectivity index (χ1v) is 5.25.